The van der Waals surface area contributed by atoms with Crippen molar-refractivity contribution < 1.29 is 22.8 Å². The van der Waals surface area contributed by atoms with E-state index in [0.29, 0.717) is 25.8 Å². The van der Waals surface area contributed by atoms with Crippen LogP contribution >= 0.6 is 0 Å². The predicted molar refractivity (Wildman–Crippen MR) is 154 cm³/mol. The summed E-state index contributed by atoms with van der Waals surface area (Å²) in [5.74, 6) is -0.776. The van der Waals surface area contributed by atoms with Gasteiger partial charge in [0.1, 0.15) is 11.8 Å². The number of hydrogen-bond acceptors (Lipinski definition) is 5. The molecule has 0 aromatic heterocycles. The number of carbonyl (C=O) groups excluding carboxylic acids is 3. The number of hydrogen-bond donors (Lipinski definition) is 1. The van der Waals surface area contributed by atoms with E-state index in [4.69, 9.17) is 0 Å². The highest BCUT2D eigenvalue weighted by atomic mass is 32.2. The predicted octanol–water partition coefficient (Wildman–Crippen LogP) is 3.65. The maximum atomic E-state index is 14.3. The Kier molecular flexibility index (Phi) is 8.72. The Bertz CT molecular complexity index is 1230. The minimum atomic E-state index is -3.55. The molecule has 9 heteroatoms. The molecule has 8 nitrogen and oxygen atoms in total. The molecule has 1 aromatic rings. The van der Waals surface area contributed by atoms with Gasteiger partial charge < -0.3 is 10.2 Å². The highest BCUT2D eigenvalue weighted by Gasteiger charge is 2.56. The Hall–Kier alpha value is -2.26. The molecular weight excluding hydrogens is 526 g/mol. The van der Waals surface area contributed by atoms with E-state index < -0.39 is 34.1 Å². The van der Waals surface area contributed by atoms with Crippen molar-refractivity contribution >= 4 is 27.6 Å². The summed E-state index contributed by atoms with van der Waals surface area (Å²) in [7, 11) is -3.55. The van der Waals surface area contributed by atoms with Crippen LogP contribution in [0.2, 0.25) is 0 Å². The van der Waals surface area contributed by atoms with Crippen LogP contribution in [0.5, 0.6) is 0 Å². The second-order valence-corrected chi connectivity index (χ2v) is 14.6. The third kappa shape index (κ3) is 5.73. The first-order valence-electron chi connectivity index (χ1n) is 15.3. The van der Waals surface area contributed by atoms with E-state index in [1.54, 1.807) is 4.90 Å². The normalized spacial score (nSPS) is 28.6. The number of sulfonamides is 1. The van der Waals surface area contributed by atoms with Crippen molar-refractivity contribution in [3.8, 4) is 0 Å². The minimum Gasteiger partial charge on any atom is -0.344 e. The van der Waals surface area contributed by atoms with Crippen molar-refractivity contribution in [2.45, 2.75) is 102 Å². The van der Waals surface area contributed by atoms with Crippen LogP contribution in [0.1, 0.15) is 88.7 Å². The number of nitrogens with zero attached hydrogens (tertiary/aromatic N) is 2. The molecule has 220 valence electrons. The van der Waals surface area contributed by atoms with Crippen molar-refractivity contribution in [1.29, 1.82) is 0 Å². The Labute approximate surface area is 239 Å². The van der Waals surface area contributed by atoms with Gasteiger partial charge in [0.2, 0.25) is 21.8 Å². The summed E-state index contributed by atoms with van der Waals surface area (Å²) in [6, 6.07) is 6.73. The van der Waals surface area contributed by atoms with Crippen LogP contribution in [0.15, 0.2) is 24.3 Å². The van der Waals surface area contributed by atoms with E-state index in [9.17, 15) is 22.8 Å². The van der Waals surface area contributed by atoms with Gasteiger partial charge in [-0.2, -0.15) is 4.31 Å². The maximum absolute atomic E-state index is 14.3. The number of fused-ring (bicyclic) bond motifs is 2. The van der Waals surface area contributed by atoms with E-state index in [-0.39, 0.29) is 41.9 Å². The van der Waals surface area contributed by atoms with Crippen LogP contribution in [-0.4, -0.2) is 72.7 Å². The zero-order chi connectivity index (χ0) is 28.6. The van der Waals surface area contributed by atoms with Crippen LogP contribution in [-0.2, 0) is 30.8 Å². The molecular formula is C31H45N3O5S. The molecule has 2 heterocycles. The number of ketones is 1. The van der Waals surface area contributed by atoms with Crippen molar-refractivity contribution in [3.63, 3.8) is 0 Å². The number of aryl methyl sites for hydroxylation is 1. The highest BCUT2D eigenvalue weighted by molar-refractivity contribution is 7.88. The van der Waals surface area contributed by atoms with E-state index in [0.717, 1.165) is 44.9 Å². The average molecular weight is 572 g/mol. The molecule has 1 aromatic carbocycles. The van der Waals surface area contributed by atoms with Gasteiger partial charge in [0, 0.05) is 31.5 Å². The Balaban J connectivity index is 1.41. The summed E-state index contributed by atoms with van der Waals surface area (Å²) < 4.78 is 27.1. The largest absolute Gasteiger partial charge is 0.344 e. The summed E-state index contributed by atoms with van der Waals surface area (Å²) in [4.78, 5) is 43.0. The molecule has 40 heavy (non-hydrogen) atoms. The maximum Gasteiger partial charge on any atom is 0.245 e. The van der Waals surface area contributed by atoms with Crippen LogP contribution in [0.3, 0.4) is 0 Å². The number of likely N-dealkylation sites (tertiary alicyclic amines) is 1. The molecule has 3 fully saturated rings. The topological polar surface area (TPSA) is 104 Å². The smallest absolute Gasteiger partial charge is 0.245 e. The van der Waals surface area contributed by atoms with Gasteiger partial charge in [-0.1, -0.05) is 57.4 Å². The van der Waals surface area contributed by atoms with Gasteiger partial charge in [0.25, 0.3) is 0 Å². The number of rotatable bonds is 9. The number of benzene rings is 1. The van der Waals surface area contributed by atoms with Crippen molar-refractivity contribution in [2.75, 3.05) is 19.3 Å². The van der Waals surface area contributed by atoms with E-state index in [1.807, 2.05) is 26.0 Å². The summed E-state index contributed by atoms with van der Waals surface area (Å²) >= 11 is 0. The molecule has 1 N–H and O–H groups in total. The van der Waals surface area contributed by atoms with Gasteiger partial charge in [-0.05, 0) is 61.5 Å². The van der Waals surface area contributed by atoms with Gasteiger partial charge in [-0.15, -0.1) is 0 Å². The first kappa shape index (κ1) is 29.2. The second-order valence-electron chi connectivity index (χ2n) is 12.6. The molecule has 0 radical (unpaired) electrons. The Morgan fingerprint density at radius 1 is 1.05 bits per heavy atom. The summed E-state index contributed by atoms with van der Waals surface area (Å²) in [6.07, 6.45) is 9.60. The molecule has 2 amide bonds. The van der Waals surface area contributed by atoms with Crippen molar-refractivity contribution in [3.05, 3.63) is 35.4 Å². The van der Waals surface area contributed by atoms with Crippen LogP contribution in [0.25, 0.3) is 0 Å². The standard InChI is InChI=1S/C31H45N3O5S/c1-4-20(2)30(36)32-28(22-11-6-5-7-12-22)31(37)33-17-16-26-29(33)25(19-34(26)40(3,38)39)27(35)18-23-15-14-21-10-8-9-13-24(21)23/h8-10,13,20,22-23,25-26,28-29H,4-7,11-12,14-19H2,1-3H3,(H,32,36)/t20-,23+,25-,26-,28+,29-/m1/s1. The molecule has 2 saturated heterocycles. The second kappa shape index (κ2) is 11.9. The highest BCUT2D eigenvalue weighted by Crippen LogP contribution is 2.42. The molecule has 4 aliphatic rings. The summed E-state index contributed by atoms with van der Waals surface area (Å²) in [5.41, 5.74) is 2.50. The summed E-state index contributed by atoms with van der Waals surface area (Å²) in [5, 5.41) is 3.10. The van der Waals surface area contributed by atoms with Gasteiger partial charge in [0.15, 0.2) is 0 Å². The van der Waals surface area contributed by atoms with Gasteiger partial charge in [-0.25, -0.2) is 8.42 Å². The quantitative estimate of drug-likeness (QED) is 0.487. The van der Waals surface area contributed by atoms with E-state index >= 15 is 0 Å². The minimum absolute atomic E-state index is 0.0420. The third-order valence-corrected chi connectivity index (χ3v) is 11.4. The van der Waals surface area contributed by atoms with E-state index in [1.165, 1.54) is 21.7 Å². The number of Topliss-reactive ketones (excluding diaryl/α,β-unsaturated/α-hetero) is 1. The number of carbonyl (C=O) groups is 3. The van der Waals surface area contributed by atoms with Crippen molar-refractivity contribution in [2.24, 2.45) is 17.8 Å². The van der Waals surface area contributed by atoms with Gasteiger partial charge >= 0.3 is 0 Å². The van der Waals surface area contributed by atoms with Crippen LogP contribution in [0.4, 0.5) is 0 Å². The lowest BCUT2D eigenvalue weighted by molar-refractivity contribution is -0.141. The molecule has 0 bridgehead atoms. The average Bonchev–Trinajstić information content (AvgIpc) is 3.65. The fourth-order valence-electron chi connectivity index (χ4n) is 7.73. The Morgan fingerprint density at radius 3 is 2.48 bits per heavy atom. The fraction of sp³-hybridized carbons (Fsp3) is 0.710. The monoisotopic (exact) mass is 571 g/mol. The summed E-state index contributed by atoms with van der Waals surface area (Å²) in [6.45, 7) is 4.36. The Morgan fingerprint density at radius 2 is 1.77 bits per heavy atom. The SMILES string of the molecule is CC[C@@H](C)C(=O)N[C@H](C(=O)N1CC[C@@H]2[C@H]1[C@@H](C(=O)C[C@@H]1CCc3ccccc31)CN2S(C)(=O)=O)C1CCCCC1. The van der Waals surface area contributed by atoms with Crippen LogP contribution < -0.4 is 5.32 Å². The lowest BCUT2D eigenvalue weighted by Gasteiger charge is -2.36. The zero-order valence-corrected chi connectivity index (χ0v) is 25.0. The lowest BCUT2D eigenvalue weighted by Crippen LogP contribution is -2.56. The lowest BCUT2D eigenvalue weighted by atomic mass is 9.82. The molecule has 1 saturated carbocycles. The third-order valence-electron chi connectivity index (χ3n) is 10.2. The molecule has 5 rings (SSSR count). The van der Waals surface area contributed by atoms with Gasteiger partial charge in [0.05, 0.1) is 18.2 Å². The van der Waals surface area contributed by atoms with Gasteiger partial charge in [-0.3, -0.25) is 14.4 Å². The molecule has 2 aliphatic carbocycles. The zero-order valence-electron chi connectivity index (χ0n) is 24.2. The van der Waals surface area contributed by atoms with Crippen molar-refractivity contribution in [1.82, 2.24) is 14.5 Å². The van der Waals surface area contributed by atoms with E-state index in [2.05, 4.69) is 17.4 Å². The number of nitrogens with one attached hydrogen (secondary N) is 1. The fourth-order valence-corrected chi connectivity index (χ4v) is 8.88. The molecule has 0 spiro atoms. The molecule has 2 aliphatic heterocycles. The number of amides is 2. The van der Waals surface area contributed by atoms with Crippen LogP contribution in [0, 0.1) is 17.8 Å². The molecule has 6 atom stereocenters. The first-order chi connectivity index (χ1) is 19.1. The first-order valence-corrected chi connectivity index (χ1v) is 17.1. The molecule has 0 unspecified atom stereocenters.